The van der Waals surface area contributed by atoms with Crippen molar-refractivity contribution < 1.29 is 13.6 Å². The number of pyridine rings is 1. The highest BCUT2D eigenvalue weighted by Crippen LogP contribution is 2.45. The summed E-state index contributed by atoms with van der Waals surface area (Å²) >= 11 is 0. The standard InChI is InChI=1S/C25H24F2N6O/c1-13-25(34)32(3)11-20-22(30-24(33(13)20)14-7-8-14)15-5-4-6-18-16(15)9-17(23(26)27)21(29-18)19-10-31(2)12-28-19/h4-6,9-10,12-14,23H,7-8,11H2,1-3H3/t13-/m1/s1. The topological polar surface area (TPSA) is 68.8 Å². The molecule has 1 amide bonds. The van der Waals surface area contributed by atoms with Gasteiger partial charge in [-0.3, -0.25) is 4.79 Å². The summed E-state index contributed by atoms with van der Waals surface area (Å²) in [5.41, 5.74) is 3.48. The van der Waals surface area contributed by atoms with Crippen molar-refractivity contribution in [2.24, 2.45) is 7.05 Å². The van der Waals surface area contributed by atoms with Gasteiger partial charge < -0.3 is 14.0 Å². The van der Waals surface area contributed by atoms with Crippen LogP contribution < -0.4 is 0 Å². The number of alkyl halides is 2. The maximum Gasteiger partial charge on any atom is 0.266 e. The van der Waals surface area contributed by atoms with E-state index in [9.17, 15) is 13.6 Å². The number of aryl methyl sites for hydroxylation is 1. The number of nitrogens with zero attached hydrogens (tertiary/aromatic N) is 6. The summed E-state index contributed by atoms with van der Waals surface area (Å²) in [4.78, 5) is 28.3. The first-order chi connectivity index (χ1) is 16.3. The highest BCUT2D eigenvalue weighted by molar-refractivity contribution is 5.96. The number of fused-ring (bicyclic) bond motifs is 2. The normalized spacial score (nSPS) is 18.2. The summed E-state index contributed by atoms with van der Waals surface area (Å²) < 4.78 is 32.1. The highest BCUT2D eigenvalue weighted by Gasteiger charge is 2.38. The average Bonchev–Trinajstić information content (AvgIpc) is 3.46. The SMILES string of the molecule is C[C@@H]1C(=O)N(C)Cc2c(-c3cccc4nc(-c5cn(C)cn5)c(C(F)F)cc34)nc(C3CC3)n21. The number of imidazole rings is 2. The molecule has 34 heavy (non-hydrogen) atoms. The molecule has 0 unspecified atom stereocenters. The molecule has 0 bridgehead atoms. The quantitative estimate of drug-likeness (QED) is 0.435. The third kappa shape index (κ3) is 3.13. The van der Waals surface area contributed by atoms with Crippen LogP contribution in [0.2, 0.25) is 0 Å². The number of rotatable bonds is 4. The van der Waals surface area contributed by atoms with Crippen molar-refractivity contribution in [1.82, 2.24) is 29.0 Å². The smallest absolute Gasteiger partial charge is 0.266 e. The van der Waals surface area contributed by atoms with Crippen LogP contribution in [0, 0.1) is 0 Å². The van der Waals surface area contributed by atoms with Crippen LogP contribution in [-0.4, -0.2) is 41.9 Å². The van der Waals surface area contributed by atoms with Gasteiger partial charge >= 0.3 is 0 Å². The Balaban J connectivity index is 1.59. The molecule has 9 heteroatoms. The molecule has 0 spiro atoms. The number of benzene rings is 1. The van der Waals surface area contributed by atoms with Crippen LogP contribution in [-0.2, 0) is 18.4 Å². The minimum atomic E-state index is -2.70. The second kappa shape index (κ2) is 7.44. The van der Waals surface area contributed by atoms with E-state index in [1.165, 1.54) is 6.07 Å². The van der Waals surface area contributed by atoms with Gasteiger partial charge in [-0.1, -0.05) is 12.1 Å². The maximum absolute atomic E-state index is 14.2. The molecule has 1 aliphatic carbocycles. The maximum atomic E-state index is 14.2. The monoisotopic (exact) mass is 462 g/mol. The fraction of sp³-hybridized carbons (Fsp3) is 0.360. The molecule has 3 aromatic heterocycles. The first-order valence-electron chi connectivity index (χ1n) is 11.4. The lowest BCUT2D eigenvalue weighted by molar-refractivity contribution is -0.135. The second-order valence-corrected chi connectivity index (χ2v) is 9.30. The molecule has 1 saturated carbocycles. The summed E-state index contributed by atoms with van der Waals surface area (Å²) in [7, 11) is 3.58. The van der Waals surface area contributed by atoms with E-state index in [1.54, 1.807) is 36.1 Å². The largest absolute Gasteiger partial charge is 0.340 e. The number of amides is 1. The van der Waals surface area contributed by atoms with Crippen molar-refractivity contribution in [3.05, 3.63) is 53.9 Å². The number of likely N-dealkylation sites (N-methyl/N-ethyl adjacent to an activating group) is 1. The Kier molecular flexibility index (Phi) is 4.59. The fourth-order valence-electron chi connectivity index (χ4n) is 4.97. The molecule has 0 saturated heterocycles. The molecular weight excluding hydrogens is 438 g/mol. The van der Waals surface area contributed by atoms with Gasteiger partial charge in [0, 0.05) is 42.7 Å². The van der Waals surface area contributed by atoms with E-state index < -0.39 is 6.43 Å². The van der Waals surface area contributed by atoms with Gasteiger partial charge in [-0.15, -0.1) is 0 Å². The van der Waals surface area contributed by atoms with Crippen LogP contribution in [0.4, 0.5) is 8.78 Å². The van der Waals surface area contributed by atoms with Crippen LogP contribution in [0.3, 0.4) is 0 Å². The minimum absolute atomic E-state index is 0.0536. The van der Waals surface area contributed by atoms with Gasteiger partial charge in [0.25, 0.3) is 6.43 Å². The predicted molar refractivity (Wildman–Crippen MR) is 123 cm³/mol. The van der Waals surface area contributed by atoms with Crippen molar-refractivity contribution >= 4 is 16.8 Å². The van der Waals surface area contributed by atoms with Gasteiger partial charge in [0.2, 0.25) is 5.91 Å². The molecule has 2 aliphatic rings. The van der Waals surface area contributed by atoms with Crippen molar-refractivity contribution in [3.63, 3.8) is 0 Å². The summed E-state index contributed by atoms with van der Waals surface area (Å²) in [6, 6.07) is 6.78. The van der Waals surface area contributed by atoms with Gasteiger partial charge in [-0.05, 0) is 31.9 Å². The van der Waals surface area contributed by atoms with Crippen molar-refractivity contribution in [2.75, 3.05) is 7.05 Å². The highest BCUT2D eigenvalue weighted by atomic mass is 19.3. The zero-order valence-corrected chi connectivity index (χ0v) is 19.2. The first-order valence-corrected chi connectivity index (χ1v) is 11.4. The number of aromatic nitrogens is 5. The lowest BCUT2D eigenvalue weighted by atomic mass is 9.99. The molecule has 7 nitrogen and oxygen atoms in total. The Labute approximate surface area is 195 Å². The zero-order chi connectivity index (χ0) is 23.7. The first kappa shape index (κ1) is 20.9. The molecule has 1 aliphatic heterocycles. The van der Waals surface area contributed by atoms with E-state index in [1.807, 2.05) is 25.1 Å². The number of hydrogen-bond donors (Lipinski definition) is 0. The summed E-state index contributed by atoms with van der Waals surface area (Å²) in [6.45, 7) is 2.33. The molecule has 174 valence electrons. The van der Waals surface area contributed by atoms with Gasteiger partial charge in [0.05, 0.1) is 35.5 Å². The van der Waals surface area contributed by atoms with Gasteiger partial charge in [0.1, 0.15) is 17.6 Å². The molecule has 4 aromatic rings. The van der Waals surface area contributed by atoms with E-state index in [0.717, 1.165) is 35.6 Å². The van der Waals surface area contributed by atoms with E-state index in [4.69, 9.17) is 4.98 Å². The summed E-state index contributed by atoms with van der Waals surface area (Å²) in [5, 5.41) is 0.618. The Morgan fingerprint density at radius 2 is 1.91 bits per heavy atom. The lowest BCUT2D eigenvalue weighted by Crippen LogP contribution is -2.39. The molecule has 1 aromatic carbocycles. The van der Waals surface area contributed by atoms with Crippen LogP contribution >= 0.6 is 0 Å². The molecule has 4 heterocycles. The van der Waals surface area contributed by atoms with Crippen molar-refractivity contribution in [2.45, 2.75) is 44.7 Å². The lowest BCUT2D eigenvalue weighted by Gasteiger charge is -2.31. The van der Waals surface area contributed by atoms with Crippen molar-refractivity contribution in [1.29, 1.82) is 0 Å². The van der Waals surface area contributed by atoms with E-state index >= 15 is 0 Å². The van der Waals surface area contributed by atoms with Crippen LogP contribution in [0.1, 0.15) is 55.2 Å². The average molecular weight is 463 g/mol. The molecule has 6 rings (SSSR count). The molecule has 1 atom stereocenters. The fourth-order valence-corrected chi connectivity index (χ4v) is 4.97. The molecular formula is C25H24F2N6O. The summed E-state index contributed by atoms with van der Waals surface area (Å²) in [5.74, 6) is 1.31. The Morgan fingerprint density at radius 1 is 1.12 bits per heavy atom. The zero-order valence-electron chi connectivity index (χ0n) is 19.2. The Morgan fingerprint density at radius 3 is 2.59 bits per heavy atom. The predicted octanol–water partition coefficient (Wildman–Crippen LogP) is 4.85. The Bertz CT molecular complexity index is 1450. The molecule has 0 N–H and O–H groups in total. The third-order valence-electron chi connectivity index (χ3n) is 6.81. The second-order valence-electron chi connectivity index (χ2n) is 9.30. The van der Waals surface area contributed by atoms with Gasteiger partial charge in [0.15, 0.2) is 0 Å². The molecule has 1 fully saturated rings. The number of carbonyl (C=O) groups excluding carboxylic acids is 1. The van der Waals surface area contributed by atoms with Crippen LogP contribution in [0.15, 0.2) is 36.8 Å². The van der Waals surface area contributed by atoms with E-state index in [0.29, 0.717) is 29.1 Å². The van der Waals surface area contributed by atoms with Crippen LogP contribution in [0.25, 0.3) is 33.5 Å². The van der Waals surface area contributed by atoms with Crippen LogP contribution in [0.5, 0.6) is 0 Å². The van der Waals surface area contributed by atoms with Crippen molar-refractivity contribution in [3.8, 4) is 22.6 Å². The summed E-state index contributed by atoms with van der Waals surface area (Å²) in [6.07, 6.45) is 2.65. The number of carbonyl (C=O) groups is 1. The number of hydrogen-bond acceptors (Lipinski definition) is 4. The molecule has 0 radical (unpaired) electrons. The third-order valence-corrected chi connectivity index (χ3v) is 6.81. The van der Waals surface area contributed by atoms with E-state index in [2.05, 4.69) is 14.5 Å². The van der Waals surface area contributed by atoms with Gasteiger partial charge in [-0.25, -0.2) is 23.7 Å². The minimum Gasteiger partial charge on any atom is -0.340 e. The number of halogens is 2. The Hall–Kier alpha value is -3.62. The van der Waals surface area contributed by atoms with Gasteiger partial charge in [-0.2, -0.15) is 0 Å². The van der Waals surface area contributed by atoms with E-state index in [-0.39, 0.29) is 23.2 Å².